The summed E-state index contributed by atoms with van der Waals surface area (Å²) in [7, 11) is 0. The molecule has 0 saturated carbocycles. The van der Waals surface area contributed by atoms with E-state index < -0.39 is 11.4 Å². The molecule has 0 aliphatic carbocycles. The first-order valence-corrected chi connectivity index (χ1v) is 6.67. The van der Waals surface area contributed by atoms with E-state index in [9.17, 15) is 4.79 Å². The maximum Gasteiger partial charge on any atom is 0.173 e. The third kappa shape index (κ3) is 3.51. The lowest BCUT2D eigenvalue weighted by molar-refractivity contribution is -0.288. The largest absolute Gasteiger partial charge is 0.367 e. The summed E-state index contributed by atoms with van der Waals surface area (Å²) in [5.41, 5.74) is 4.60. The summed E-state index contributed by atoms with van der Waals surface area (Å²) < 4.78 is 17.2. The molecule has 1 saturated heterocycles. The predicted molar refractivity (Wildman–Crippen MR) is 68.3 cm³/mol. The molecule has 1 rings (SSSR count). The topological polar surface area (TPSA) is 70.8 Å². The first-order chi connectivity index (χ1) is 8.52. The summed E-state index contributed by atoms with van der Waals surface area (Å²) in [4.78, 5) is 12.1. The van der Waals surface area contributed by atoms with E-state index >= 15 is 0 Å². The van der Waals surface area contributed by atoms with Crippen LogP contribution in [0.2, 0.25) is 0 Å². The molecule has 5 heteroatoms. The van der Waals surface area contributed by atoms with E-state index in [4.69, 9.17) is 19.9 Å². The number of ether oxygens (including phenoxy) is 3. The lowest BCUT2D eigenvalue weighted by Gasteiger charge is -2.44. The van der Waals surface area contributed by atoms with Crippen molar-refractivity contribution in [2.45, 2.75) is 51.4 Å². The highest BCUT2D eigenvalue weighted by Crippen LogP contribution is 2.37. The maximum atomic E-state index is 12.1. The normalized spacial score (nSPS) is 27.1. The van der Waals surface area contributed by atoms with Crippen molar-refractivity contribution in [1.82, 2.24) is 0 Å². The summed E-state index contributed by atoms with van der Waals surface area (Å²) in [5, 5.41) is 0. The van der Waals surface area contributed by atoms with Gasteiger partial charge >= 0.3 is 0 Å². The first-order valence-electron chi connectivity index (χ1n) is 6.67. The van der Waals surface area contributed by atoms with E-state index in [1.54, 1.807) is 6.92 Å². The van der Waals surface area contributed by atoms with Crippen LogP contribution >= 0.6 is 0 Å². The fraction of sp³-hybridized carbons (Fsp3) is 0.923. The van der Waals surface area contributed by atoms with Gasteiger partial charge in [-0.3, -0.25) is 4.79 Å². The van der Waals surface area contributed by atoms with Gasteiger partial charge in [0.2, 0.25) is 0 Å². The Balaban J connectivity index is 2.81. The second-order valence-electron chi connectivity index (χ2n) is 4.74. The summed E-state index contributed by atoms with van der Waals surface area (Å²) in [5.74, 6) is -0.672. The second kappa shape index (κ2) is 6.61. The van der Waals surface area contributed by atoms with Gasteiger partial charge in [0.05, 0.1) is 6.61 Å². The molecule has 1 aliphatic rings. The Morgan fingerprint density at radius 2 is 1.94 bits per heavy atom. The SMILES string of the molecule is CCOC1(OCC)CCOC(C)(C(=O)CCN)C1. The van der Waals surface area contributed by atoms with Crippen molar-refractivity contribution in [2.75, 3.05) is 26.4 Å². The third-order valence-electron chi connectivity index (χ3n) is 3.29. The van der Waals surface area contributed by atoms with Crippen molar-refractivity contribution in [1.29, 1.82) is 0 Å². The molecule has 1 aliphatic heterocycles. The van der Waals surface area contributed by atoms with E-state index in [-0.39, 0.29) is 5.78 Å². The molecule has 1 fully saturated rings. The summed E-state index contributed by atoms with van der Waals surface area (Å²) in [6.07, 6.45) is 1.41. The molecule has 18 heavy (non-hydrogen) atoms. The molecule has 0 aromatic carbocycles. The van der Waals surface area contributed by atoms with Gasteiger partial charge in [-0.1, -0.05) is 0 Å². The zero-order valence-electron chi connectivity index (χ0n) is 11.7. The third-order valence-corrected chi connectivity index (χ3v) is 3.29. The molecule has 0 spiro atoms. The summed E-state index contributed by atoms with van der Waals surface area (Å²) in [6.45, 7) is 7.57. The average Bonchev–Trinajstić information content (AvgIpc) is 2.30. The lowest BCUT2D eigenvalue weighted by Crippen LogP contribution is -2.54. The molecule has 106 valence electrons. The van der Waals surface area contributed by atoms with Crippen molar-refractivity contribution >= 4 is 5.78 Å². The minimum atomic E-state index is -0.845. The minimum Gasteiger partial charge on any atom is -0.367 e. The van der Waals surface area contributed by atoms with Gasteiger partial charge in [-0.15, -0.1) is 0 Å². The number of nitrogens with two attached hydrogens (primary N) is 1. The Bertz CT molecular complexity index is 271. The van der Waals surface area contributed by atoms with Crippen molar-refractivity contribution in [3.63, 3.8) is 0 Å². The highest BCUT2D eigenvalue weighted by molar-refractivity contribution is 5.87. The van der Waals surface area contributed by atoms with Crippen LogP contribution in [0.1, 0.15) is 40.0 Å². The Kier molecular flexibility index (Phi) is 5.72. The lowest BCUT2D eigenvalue weighted by atomic mass is 9.86. The standard InChI is InChI=1S/C13H25NO4/c1-4-16-13(17-5-2)7-9-18-12(3,10-13)11(15)6-8-14/h4-10,14H2,1-3H3. The van der Waals surface area contributed by atoms with Gasteiger partial charge in [-0.05, 0) is 27.3 Å². The zero-order valence-corrected chi connectivity index (χ0v) is 11.7. The van der Waals surface area contributed by atoms with Crippen molar-refractivity contribution < 1.29 is 19.0 Å². The van der Waals surface area contributed by atoms with Gasteiger partial charge in [0.1, 0.15) is 5.60 Å². The Morgan fingerprint density at radius 1 is 1.33 bits per heavy atom. The molecule has 0 amide bonds. The highest BCUT2D eigenvalue weighted by Gasteiger charge is 2.48. The van der Waals surface area contributed by atoms with Crippen LogP contribution in [0.3, 0.4) is 0 Å². The molecule has 1 unspecified atom stereocenters. The fourth-order valence-electron chi connectivity index (χ4n) is 2.47. The number of hydrogen-bond acceptors (Lipinski definition) is 5. The smallest absolute Gasteiger partial charge is 0.173 e. The fourth-order valence-corrected chi connectivity index (χ4v) is 2.47. The number of hydrogen-bond donors (Lipinski definition) is 1. The van der Waals surface area contributed by atoms with Crippen LogP contribution < -0.4 is 5.73 Å². The maximum absolute atomic E-state index is 12.1. The molecule has 0 aromatic rings. The Labute approximate surface area is 109 Å². The minimum absolute atomic E-state index is 0.0217. The Hall–Kier alpha value is -0.490. The zero-order chi connectivity index (χ0) is 13.6. The van der Waals surface area contributed by atoms with Crippen molar-refractivity contribution in [3.8, 4) is 0 Å². The number of rotatable bonds is 7. The number of carbonyl (C=O) groups excluding carboxylic acids is 1. The van der Waals surface area contributed by atoms with Crippen molar-refractivity contribution in [3.05, 3.63) is 0 Å². The second-order valence-corrected chi connectivity index (χ2v) is 4.74. The summed E-state index contributed by atoms with van der Waals surface area (Å²) >= 11 is 0. The summed E-state index contributed by atoms with van der Waals surface area (Å²) in [6, 6.07) is 0. The monoisotopic (exact) mass is 259 g/mol. The van der Waals surface area contributed by atoms with E-state index in [0.29, 0.717) is 45.6 Å². The number of ketones is 1. The van der Waals surface area contributed by atoms with Crippen LogP contribution in [0.25, 0.3) is 0 Å². The van der Waals surface area contributed by atoms with Gasteiger partial charge in [-0.25, -0.2) is 0 Å². The van der Waals surface area contributed by atoms with E-state index in [1.807, 2.05) is 13.8 Å². The molecule has 0 radical (unpaired) electrons. The van der Waals surface area contributed by atoms with Crippen LogP contribution in [0.5, 0.6) is 0 Å². The van der Waals surface area contributed by atoms with E-state index in [1.165, 1.54) is 0 Å². The van der Waals surface area contributed by atoms with Crippen LogP contribution in [-0.2, 0) is 19.0 Å². The first kappa shape index (κ1) is 15.6. The van der Waals surface area contributed by atoms with E-state index in [0.717, 1.165) is 0 Å². The van der Waals surface area contributed by atoms with Crippen LogP contribution in [-0.4, -0.2) is 43.5 Å². The number of carbonyl (C=O) groups is 1. The van der Waals surface area contributed by atoms with Crippen LogP contribution in [0.15, 0.2) is 0 Å². The average molecular weight is 259 g/mol. The molecule has 1 heterocycles. The van der Waals surface area contributed by atoms with Gasteiger partial charge in [0.25, 0.3) is 0 Å². The van der Waals surface area contributed by atoms with Gasteiger partial charge in [-0.2, -0.15) is 0 Å². The molecular weight excluding hydrogens is 234 g/mol. The highest BCUT2D eigenvalue weighted by atomic mass is 16.7. The molecule has 0 aromatic heterocycles. The van der Waals surface area contributed by atoms with Gasteiger partial charge < -0.3 is 19.9 Å². The van der Waals surface area contributed by atoms with Gasteiger partial charge in [0.15, 0.2) is 11.6 Å². The quantitative estimate of drug-likeness (QED) is 0.697. The number of Topliss-reactive ketones (excluding diaryl/α,β-unsaturated/α-hetero) is 1. The van der Waals surface area contributed by atoms with Gasteiger partial charge in [0, 0.05) is 32.5 Å². The predicted octanol–water partition coefficient (Wildman–Crippen LogP) is 1.24. The van der Waals surface area contributed by atoms with Crippen LogP contribution in [0.4, 0.5) is 0 Å². The molecule has 0 bridgehead atoms. The molecular formula is C13H25NO4. The van der Waals surface area contributed by atoms with Crippen molar-refractivity contribution in [2.24, 2.45) is 5.73 Å². The Morgan fingerprint density at radius 3 is 2.44 bits per heavy atom. The van der Waals surface area contributed by atoms with Crippen LogP contribution in [0, 0.1) is 0 Å². The molecule has 1 atom stereocenters. The molecule has 2 N–H and O–H groups in total. The van der Waals surface area contributed by atoms with E-state index in [2.05, 4.69) is 0 Å². The molecule has 5 nitrogen and oxygen atoms in total.